The van der Waals surface area contributed by atoms with Crippen LogP contribution in [0.3, 0.4) is 0 Å². The second-order valence-electron chi connectivity index (χ2n) is 2.48. The highest BCUT2D eigenvalue weighted by molar-refractivity contribution is 6.52. The second kappa shape index (κ2) is 3.18. The lowest BCUT2D eigenvalue weighted by atomic mass is 10.00. The summed E-state index contributed by atoms with van der Waals surface area (Å²) in [5.74, 6) is 0. The molecule has 6 nitrogen and oxygen atoms in total. The molecule has 1 aliphatic carbocycles. The van der Waals surface area contributed by atoms with Crippen LogP contribution in [0.2, 0.25) is 0 Å². The van der Waals surface area contributed by atoms with Crippen LogP contribution in [0.1, 0.15) is 6.92 Å². The van der Waals surface area contributed by atoms with Gasteiger partial charge >= 0.3 is 0 Å². The molecule has 0 saturated carbocycles. The summed E-state index contributed by atoms with van der Waals surface area (Å²) >= 11 is 0. The van der Waals surface area contributed by atoms with Gasteiger partial charge in [0.1, 0.15) is 5.71 Å². The molecule has 0 aliphatic heterocycles. The lowest BCUT2D eigenvalue weighted by Gasteiger charge is -2.07. The highest BCUT2D eigenvalue weighted by Crippen LogP contribution is 2.13. The normalized spacial score (nSPS) is 19.8. The highest BCUT2D eigenvalue weighted by atomic mass is 16.6. The molecule has 0 unspecified atom stereocenters. The Kier molecular flexibility index (Phi) is 2.23. The Morgan fingerprint density at radius 3 is 2.69 bits per heavy atom. The van der Waals surface area contributed by atoms with Crippen molar-refractivity contribution in [3.63, 3.8) is 0 Å². The fourth-order valence-corrected chi connectivity index (χ4v) is 0.966. The van der Waals surface area contributed by atoms with E-state index < -0.39 is 4.92 Å². The van der Waals surface area contributed by atoms with Crippen molar-refractivity contribution in [3.05, 3.63) is 33.5 Å². The lowest BCUT2D eigenvalue weighted by Crippen LogP contribution is -2.23. The van der Waals surface area contributed by atoms with Crippen molar-refractivity contribution in [2.45, 2.75) is 6.92 Å². The summed E-state index contributed by atoms with van der Waals surface area (Å²) in [4.78, 5) is 9.68. The van der Waals surface area contributed by atoms with Gasteiger partial charge in [-0.2, -0.15) is 0 Å². The van der Waals surface area contributed by atoms with Crippen molar-refractivity contribution in [3.8, 4) is 0 Å². The van der Waals surface area contributed by atoms with Crippen molar-refractivity contribution in [2.75, 3.05) is 0 Å². The Morgan fingerprint density at radius 1 is 1.62 bits per heavy atom. The minimum absolute atomic E-state index is 0.0609. The Balaban J connectivity index is 3.19. The molecule has 0 bridgehead atoms. The van der Waals surface area contributed by atoms with E-state index in [0.29, 0.717) is 5.57 Å². The van der Waals surface area contributed by atoms with E-state index in [2.05, 4.69) is 5.16 Å². The third kappa shape index (κ3) is 1.46. The molecule has 0 heterocycles. The van der Waals surface area contributed by atoms with Gasteiger partial charge in [0.25, 0.3) is 5.70 Å². The van der Waals surface area contributed by atoms with Gasteiger partial charge in [0, 0.05) is 6.08 Å². The fourth-order valence-electron chi connectivity index (χ4n) is 0.966. The first-order chi connectivity index (χ1) is 6.07. The summed E-state index contributed by atoms with van der Waals surface area (Å²) in [6.45, 7) is 1.61. The van der Waals surface area contributed by atoms with Crippen LogP contribution in [0, 0.1) is 15.5 Å². The van der Waals surface area contributed by atoms with Crippen LogP contribution in [0.25, 0.3) is 0 Å². The van der Waals surface area contributed by atoms with E-state index in [1.165, 1.54) is 12.2 Å². The first-order valence-electron chi connectivity index (χ1n) is 3.42. The summed E-state index contributed by atoms with van der Waals surface area (Å²) in [5, 5.41) is 29.0. The van der Waals surface area contributed by atoms with Crippen LogP contribution < -0.4 is 0 Å². The Morgan fingerprint density at radius 2 is 2.23 bits per heavy atom. The van der Waals surface area contributed by atoms with Gasteiger partial charge in [-0.1, -0.05) is 11.2 Å². The first kappa shape index (κ1) is 9.11. The fraction of sp³-hybridized carbons (Fsp3) is 0.143. The maximum atomic E-state index is 10.4. The van der Waals surface area contributed by atoms with Crippen LogP contribution in [0.5, 0.6) is 0 Å². The molecular weight excluding hydrogens is 174 g/mol. The van der Waals surface area contributed by atoms with Crippen LogP contribution in [0.15, 0.2) is 28.6 Å². The molecule has 0 aromatic carbocycles. The van der Waals surface area contributed by atoms with Crippen molar-refractivity contribution >= 4 is 11.4 Å². The molecule has 0 aromatic rings. The minimum atomic E-state index is -0.684. The van der Waals surface area contributed by atoms with Gasteiger partial charge in [0.2, 0.25) is 0 Å². The van der Waals surface area contributed by atoms with Crippen molar-refractivity contribution in [1.82, 2.24) is 0 Å². The predicted octanol–water partition coefficient (Wildman–Crippen LogP) is 0.957. The van der Waals surface area contributed by atoms with E-state index in [0.717, 1.165) is 0 Å². The third-order valence-corrected chi connectivity index (χ3v) is 1.65. The second-order valence-corrected chi connectivity index (χ2v) is 2.48. The van der Waals surface area contributed by atoms with E-state index in [1.807, 2.05) is 0 Å². The summed E-state index contributed by atoms with van der Waals surface area (Å²) in [6, 6.07) is 0. The van der Waals surface area contributed by atoms with E-state index in [9.17, 15) is 10.1 Å². The molecule has 0 fully saturated rings. The van der Waals surface area contributed by atoms with Crippen LogP contribution in [-0.2, 0) is 0 Å². The molecule has 0 spiro atoms. The predicted molar refractivity (Wildman–Crippen MR) is 45.8 cm³/mol. The molecule has 0 saturated heterocycles. The van der Waals surface area contributed by atoms with Crippen molar-refractivity contribution in [2.24, 2.45) is 5.16 Å². The van der Waals surface area contributed by atoms with Gasteiger partial charge in [-0.25, -0.2) is 0 Å². The van der Waals surface area contributed by atoms with Gasteiger partial charge < -0.3 is 5.21 Å². The van der Waals surface area contributed by atoms with Crippen LogP contribution in [0.4, 0.5) is 0 Å². The van der Waals surface area contributed by atoms with Gasteiger partial charge in [-0.3, -0.25) is 15.5 Å². The van der Waals surface area contributed by atoms with Gasteiger partial charge in [0.15, 0.2) is 5.71 Å². The molecule has 6 heteroatoms. The largest absolute Gasteiger partial charge is 0.410 e. The standard InChI is InChI=1S/C7H7N3O3/c1-4-2-3-5(10(12)13)6(8)7(4)9-11/h2-3,8,11H,1H3/b8-6?,9-7-. The average Bonchev–Trinajstić information content (AvgIpc) is 2.04. The quantitative estimate of drug-likeness (QED) is 0.272. The lowest BCUT2D eigenvalue weighted by molar-refractivity contribution is -0.414. The molecule has 68 valence electrons. The number of nitrogens with zero attached hydrogens (tertiary/aromatic N) is 2. The summed E-state index contributed by atoms with van der Waals surface area (Å²) in [7, 11) is 0. The molecule has 0 amide bonds. The van der Waals surface area contributed by atoms with Gasteiger partial charge in [0.05, 0.1) is 4.92 Å². The van der Waals surface area contributed by atoms with Crippen molar-refractivity contribution in [1.29, 1.82) is 5.41 Å². The molecule has 1 rings (SSSR count). The maximum absolute atomic E-state index is 10.4. The number of rotatable bonds is 1. The minimum Gasteiger partial charge on any atom is -0.410 e. The molecule has 1 aliphatic rings. The number of allylic oxidation sites excluding steroid dienone is 4. The monoisotopic (exact) mass is 181 g/mol. The van der Waals surface area contributed by atoms with Gasteiger partial charge in [-0.05, 0) is 12.5 Å². The maximum Gasteiger partial charge on any atom is 0.296 e. The average molecular weight is 181 g/mol. The number of hydrogen-bond donors (Lipinski definition) is 2. The van der Waals surface area contributed by atoms with Crippen LogP contribution in [-0.4, -0.2) is 21.6 Å². The highest BCUT2D eigenvalue weighted by Gasteiger charge is 2.26. The summed E-state index contributed by atoms with van der Waals surface area (Å²) in [6.07, 6.45) is 2.65. The smallest absolute Gasteiger partial charge is 0.296 e. The van der Waals surface area contributed by atoms with Crippen LogP contribution >= 0.6 is 0 Å². The molecule has 13 heavy (non-hydrogen) atoms. The molecule has 0 aromatic heterocycles. The molecule has 2 N–H and O–H groups in total. The Bertz CT molecular complexity index is 365. The van der Waals surface area contributed by atoms with E-state index in [-0.39, 0.29) is 17.1 Å². The summed E-state index contributed by atoms with van der Waals surface area (Å²) < 4.78 is 0. The molecule has 0 atom stereocenters. The number of nitro groups is 1. The molecular formula is C7H7N3O3. The Hall–Kier alpha value is -1.98. The van der Waals surface area contributed by atoms with Crippen molar-refractivity contribution < 1.29 is 10.1 Å². The van der Waals surface area contributed by atoms with E-state index >= 15 is 0 Å². The zero-order valence-corrected chi connectivity index (χ0v) is 6.81. The number of hydrogen-bond acceptors (Lipinski definition) is 5. The Labute approximate surface area is 73.5 Å². The topological polar surface area (TPSA) is 99.6 Å². The zero-order chi connectivity index (χ0) is 10.0. The zero-order valence-electron chi connectivity index (χ0n) is 6.81. The van der Waals surface area contributed by atoms with E-state index in [4.69, 9.17) is 10.6 Å². The number of oxime groups is 1. The third-order valence-electron chi connectivity index (χ3n) is 1.65. The van der Waals surface area contributed by atoms with E-state index in [1.54, 1.807) is 6.92 Å². The molecule has 0 radical (unpaired) electrons. The summed E-state index contributed by atoms with van der Waals surface area (Å²) in [5.41, 5.74) is -0.266. The van der Waals surface area contributed by atoms with Gasteiger partial charge in [-0.15, -0.1) is 0 Å². The number of nitrogens with one attached hydrogen (secondary N) is 1. The SMILES string of the molecule is CC1=CC=C([N+](=O)[O-])C(=N)/C1=N\O. The first-order valence-corrected chi connectivity index (χ1v) is 3.42.